The largest absolute Gasteiger partial charge is 0.396 e. The third kappa shape index (κ3) is 3.08. The molecule has 5 nitrogen and oxygen atoms in total. The van der Waals surface area contributed by atoms with Crippen LogP contribution in [-0.2, 0) is 9.59 Å². The molecule has 0 aliphatic heterocycles. The summed E-state index contributed by atoms with van der Waals surface area (Å²) in [4.78, 5) is 24.1. The molecule has 3 rings (SSSR count). The third-order valence-corrected chi connectivity index (χ3v) is 5.22. The number of halogens is 1. The summed E-state index contributed by atoms with van der Waals surface area (Å²) in [6.07, 6.45) is 3.13. The van der Waals surface area contributed by atoms with Crippen LogP contribution < -0.4 is 10.6 Å². The van der Waals surface area contributed by atoms with E-state index in [9.17, 15) is 19.1 Å². The Morgan fingerprint density at radius 2 is 2.00 bits per heavy atom. The van der Waals surface area contributed by atoms with Crippen LogP contribution in [0.25, 0.3) is 0 Å². The van der Waals surface area contributed by atoms with E-state index >= 15 is 0 Å². The molecule has 0 aromatic heterocycles. The number of carbonyl (C=O) groups excluding carboxylic acids is 2. The van der Waals surface area contributed by atoms with E-state index in [4.69, 9.17) is 0 Å². The van der Waals surface area contributed by atoms with E-state index < -0.39 is 11.8 Å². The van der Waals surface area contributed by atoms with Crippen LogP contribution in [0.4, 0.5) is 10.1 Å². The van der Waals surface area contributed by atoms with Gasteiger partial charge in [-0.3, -0.25) is 9.59 Å². The van der Waals surface area contributed by atoms with E-state index in [1.54, 1.807) is 6.92 Å². The molecule has 2 fully saturated rings. The van der Waals surface area contributed by atoms with Gasteiger partial charge in [0.05, 0.1) is 0 Å². The molecule has 124 valence electrons. The topological polar surface area (TPSA) is 78.4 Å². The first-order valence-corrected chi connectivity index (χ1v) is 7.98. The normalized spacial score (nSPS) is 28.7. The molecular weight excluding hydrogens is 299 g/mol. The molecule has 1 aromatic carbocycles. The fraction of sp³-hybridized carbons (Fsp3) is 0.529. The van der Waals surface area contributed by atoms with E-state index in [-0.39, 0.29) is 24.4 Å². The monoisotopic (exact) mass is 320 g/mol. The number of anilines is 1. The fourth-order valence-electron chi connectivity index (χ4n) is 4.03. The molecule has 2 amide bonds. The summed E-state index contributed by atoms with van der Waals surface area (Å²) in [6.45, 7) is 1.62. The average Bonchev–Trinajstić information content (AvgIpc) is 3.12. The van der Waals surface area contributed by atoms with E-state index in [0.717, 1.165) is 19.3 Å². The standard InChI is InChI=1S/C17H21FN2O3/c1-9-6-12(4-5-14(9)18)19-16(22)17(23)20-15-11-3-2-10(7-11)13(15)8-21/h4-6,10-11,13,15,21H,2-3,7-8H2,1H3,(H,19,22)(H,20,23)/t10-,11-,13+,15+/m0/s1. The average molecular weight is 320 g/mol. The molecular formula is C17H21FN2O3. The molecule has 3 N–H and O–H groups in total. The lowest BCUT2D eigenvalue weighted by atomic mass is 9.85. The Kier molecular flexibility index (Phi) is 4.35. The Labute approximate surface area is 134 Å². The SMILES string of the molecule is Cc1cc(NC(=O)C(=O)N[C@@H]2[C@H]3CC[C@@H](C3)[C@H]2CO)ccc1F. The number of fused-ring (bicyclic) bond motifs is 2. The molecule has 0 heterocycles. The molecule has 0 spiro atoms. The first-order valence-electron chi connectivity index (χ1n) is 7.98. The number of benzene rings is 1. The highest BCUT2D eigenvalue weighted by atomic mass is 19.1. The van der Waals surface area contributed by atoms with Crippen molar-refractivity contribution in [3.63, 3.8) is 0 Å². The minimum Gasteiger partial charge on any atom is -0.396 e. The van der Waals surface area contributed by atoms with Crippen LogP contribution in [0.2, 0.25) is 0 Å². The molecule has 23 heavy (non-hydrogen) atoms. The number of nitrogens with one attached hydrogen (secondary N) is 2. The maximum absolute atomic E-state index is 13.2. The maximum Gasteiger partial charge on any atom is 0.313 e. The Balaban J connectivity index is 1.61. The number of aryl methyl sites for hydroxylation is 1. The summed E-state index contributed by atoms with van der Waals surface area (Å²) in [5.41, 5.74) is 0.785. The van der Waals surface area contributed by atoms with Crippen molar-refractivity contribution in [1.29, 1.82) is 0 Å². The number of rotatable bonds is 3. The van der Waals surface area contributed by atoms with Crippen LogP contribution in [0.1, 0.15) is 24.8 Å². The molecule has 2 saturated carbocycles. The highest BCUT2D eigenvalue weighted by Crippen LogP contribution is 2.48. The van der Waals surface area contributed by atoms with Gasteiger partial charge in [-0.15, -0.1) is 0 Å². The second-order valence-corrected chi connectivity index (χ2v) is 6.60. The van der Waals surface area contributed by atoms with E-state index in [1.165, 1.54) is 18.2 Å². The molecule has 6 heteroatoms. The summed E-state index contributed by atoms with van der Waals surface area (Å²) < 4.78 is 13.2. The predicted molar refractivity (Wildman–Crippen MR) is 83.1 cm³/mol. The van der Waals surface area contributed by atoms with Crippen molar-refractivity contribution in [2.45, 2.75) is 32.2 Å². The Morgan fingerprint density at radius 1 is 1.26 bits per heavy atom. The Hall–Kier alpha value is -1.95. The minimum atomic E-state index is -0.768. The zero-order valence-electron chi connectivity index (χ0n) is 13.0. The van der Waals surface area contributed by atoms with Crippen molar-refractivity contribution in [2.24, 2.45) is 17.8 Å². The molecule has 0 radical (unpaired) electrons. The second-order valence-electron chi connectivity index (χ2n) is 6.60. The summed E-state index contributed by atoms with van der Waals surface area (Å²) in [5, 5.41) is 14.8. The molecule has 0 unspecified atom stereocenters. The van der Waals surface area contributed by atoms with Crippen LogP contribution in [0, 0.1) is 30.5 Å². The lowest BCUT2D eigenvalue weighted by Gasteiger charge is -2.30. The maximum atomic E-state index is 13.2. The highest BCUT2D eigenvalue weighted by molar-refractivity contribution is 6.39. The van der Waals surface area contributed by atoms with Gasteiger partial charge in [0, 0.05) is 24.3 Å². The van der Waals surface area contributed by atoms with E-state index in [2.05, 4.69) is 10.6 Å². The molecule has 2 bridgehead atoms. The number of carbonyl (C=O) groups is 2. The van der Waals surface area contributed by atoms with Gasteiger partial charge >= 0.3 is 11.8 Å². The van der Waals surface area contributed by atoms with Crippen molar-refractivity contribution in [3.05, 3.63) is 29.6 Å². The van der Waals surface area contributed by atoms with Crippen LogP contribution in [-0.4, -0.2) is 29.6 Å². The van der Waals surface area contributed by atoms with Crippen molar-refractivity contribution >= 4 is 17.5 Å². The molecule has 4 atom stereocenters. The number of hydrogen-bond donors (Lipinski definition) is 3. The lowest BCUT2D eigenvalue weighted by Crippen LogP contribution is -2.48. The van der Waals surface area contributed by atoms with Gasteiger partial charge in [0.1, 0.15) is 5.82 Å². The quantitative estimate of drug-likeness (QED) is 0.740. The molecule has 0 saturated heterocycles. The van der Waals surface area contributed by atoms with Gasteiger partial charge < -0.3 is 15.7 Å². The number of aliphatic hydroxyl groups excluding tert-OH is 1. The van der Waals surface area contributed by atoms with Crippen LogP contribution in [0.3, 0.4) is 0 Å². The first-order chi connectivity index (χ1) is 11.0. The van der Waals surface area contributed by atoms with Gasteiger partial charge in [0.2, 0.25) is 0 Å². The zero-order valence-corrected chi connectivity index (χ0v) is 13.0. The van der Waals surface area contributed by atoms with E-state index in [0.29, 0.717) is 23.1 Å². The smallest absolute Gasteiger partial charge is 0.313 e. The van der Waals surface area contributed by atoms with Gasteiger partial charge in [-0.1, -0.05) is 0 Å². The predicted octanol–water partition coefficient (Wildman–Crippen LogP) is 1.60. The number of amides is 2. The fourth-order valence-corrected chi connectivity index (χ4v) is 4.03. The summed E-state index contributed by atoms with van der Waals surface area (Å²) >= 11 is 0. The van der Waals surface area contributed by atoms with Crippen molar-refractivity contribution in [2.75, 3.05) is 11.9 Å². The van der Waals surface area contributed by atoms with Gasteiger partial charge in [-0.2, -0.15) is 0 Å². The van der Waals surface area contributed by atoms with Crippen LogP contribution in [0.5, 0.6) is 0 Å². The summed E-state index contributed by atoms with van der Waals surface area (Å²) in [6, 6.07) is 4.02. The highest BCUT2D eigenvalue weighted by Gasteiger charge is 2.48. The summed E-state index contributed by atoms with van der Waals surface area (Å²) in [7, 11) is 0. The third-order valence-electron chi connectivity index (χ3n) is 5.22. The van der Waals surface area contributed by atoms with Gasteiger partial charge in [0.15, 0.2) is 0 Å². The van der Waals surface area contributed by atoms with Crippen molar-refractivity contribution in [3.8, 4) is 0 Å². The summed E-state index contributed by atoms with van der Waals surface area (Å²) in [5.74, 6) is -1.00. The van der Waals surface area contributed by atoms with Gasteiger partial charge in [-0.25, -0.2) is 4.39 Å². The number of hydrogen-bond acceptors (Lipinski definition) is 3. The number of aliphatic hydroxyl groups is 1. The molecule has 2 aliphatic rings. The van der Waals surface area contributed by atoms with E-state index in [1.807, 2.05) is 0 Å². The zero-order chi connectivity index (χ0) is 16.6. The van der Waals surface area contributed by atoms with Gasteiger partial charge in [-0.05, 0) is 61.8 Å². The second kappa shape index (κ2) is 6.28. The first kappa shape index (κ1) is 15.9. The molecule has 1 aromatic rings. The van der Waals surface area contributed by atoms with Crippen molar-refractivity contribution in [1.82, 2.24) is 5.32 Å². The Bertz CT molecular complexity index is 634. The van der Waals surface area contributed by atoms with Crippen LogP contribution >= 0.6 is 0 Å². The Morgan fingerprint density at radius 3 is 2.70 bits per heavy atom. The van der Waals surface area contributed by atoms with Crippen LogP contribution in [0.15, 0.2) is 18.2 Å². The lowest BCUT2D eigenvalue weighted by molar-refractivity contribution is -0.137. The minimum absolute atomic E-state index is 0.0326. The molecule has 2 aliphatic carbocycles. The van der Waals surface area contributed by atoms with Crippen molar-refractivity contribution < 1.29 is 19.1 Å². The van der Waals surface area contributed by atoms with Gasteiger partial charge in [0.25, 0.3) is 0 Å².